The van der Waals surface area contributed by atoms with Gasteiger partial charge in [0.2, 0.25) is 5.91 Å². The fraction of sp³-hybridized carbons (Fsp3) is 0.350. The highest BCUT2D eigenvalue weighted by atomic mass is 35.5. The Morgan fingerprint density at radius 2 is 2.07 bits per heavy atom. The minimum Gasteiger partial charge on any atom is -0.384 e. The monoisotopic (exact) mass is 400 g/mol. The third-order valence-electron chi connectivity index (χ3n) is 4.35. The van der Waals surface area contributed by atoms with Gasteiger partial charge in [-0.25, -0.2) is 4.98 Å². The summed E-state index contributed by atoms with van der Waals surface area (Å²) in [5, 5.41) is 11.5. The lowest BCUT2D eigenvalue weighted by atomic mass is 10.2. The van der Waals surface area contributed by atoms with Crippen LogP contribution in [0.3, 0.4) is 0 Å². The molecule has 148 valence electrons. The number of nitrogens with one attached hydrogen (secondary N) is 4. The summed E-state index contributed by atoms with van der Waals surface area (Å²) < 4.78 is 0. The van der Waals surface area contributed by atoms with Crippen molar-refractivity contribution >= 4 is 34.1 Å². The van der Waals surface area contributed by atoms with Crippen molar-refractivity contribution in [2.24, 2.45) is 0 Å². The Hall–Kier alpha value is -2.64. The lowest BCUT2D eigenvalue weighted by molar-refractivity contribution is -0.121. The third kappa shape index (κ3) is 6.21. The molecule has 0 atom stereocenters. The van der Waals surface area contributed by atoms with Gasteiger partial charge in [0.1, 0.15) is 0 Å². The van der Waals surface area contributed by atoms with E-state index in [4.69, 9.17) is 11.6 Å². The van der Waals surface area contributed by atoms with Crippen LogP contribution >= 0.6 is 11.6 Å². The highest BCUT2D eigenvalue weighted by molar-refractivity contribution is 6.31. The number of hydrogen-bond donors (Lipinski definition) is 4. The number of carbonyl (C=O) groups is 1. The van der Waals surface area contributed by atoms with Crippen LogP contribution < -0.4 is 16.0 Å². The summed E-state index contributed by atoms with van der Waals surface area (Å²) in [6.07, 6.45) is 7.28. The Balaban J connectivity index is 1.25. The van der Waals surface area contributed by atoms with Gasteiger partial charge in [-0.05, 0) is 43.7 Å². The molecule has 2 heterocycles. The molecule has 1 amide bonds. The highest BCUT2D eigenvalue weighted by Crippen LogP contribution is 2.24. The topological polar surface area (TPSA) is 94.7 Å². The van der Waals surface area contributed by atoms with Crippen LogP contribution in [0.1, 0.15) is 18.5 Å². The predicted molar refractivity (Wildman–Crippen MR) is 113 cm³/mol. The Labute approximate surface area is 169 Å². The number of halogens is 1. The van der Waals surface area contributed by atoms with Crippen molar-refractivity contribution in [1.29, 1.82) is 0 Å². The van der Waals surface area contributed by atoms with Gasteiger partial charge in [0.15, 0.2) is 0 Å². The van der Waals surface area contributed by atoms with Crippen LogP contribution in [0.5, 0.6) is 0 Å². The molecule has 0 saturated heterocycles. The predicted octanol–water partition coefficient (Wildman–Crippen LogP) is 2.75. The molecule has 0 bridgehead atoms. The van der Waals surface area contributed by atoms with Crippen molar-refractivity contribution in [2.75, 3.05) is 31.5 Å². The number of carbonyl (C=O) groups excluding carboxylic acids is 1. The van der Waals surface area contributed by atoms with Crippen molar-refractivity contribution in [1.82, 2.24) is 25.6 Å². The van der Waals surface area contributed by atoms with Crippen LogP contribution in [0.15, 0.2) is 43.0 Å². The van der Waals surface area contributed by atoms with Gasteiger partial charge in [-0.15, -0.1) is 0 Å². The van der Waals surface area contributed by atoms with Crippen LogP contribution in [0, 0.1) is 0 Å². The second kappa shape index (κ2) is 10.6. The van der Waals surface area contributed by atoms with E-state index in [0.29, 0.717) is 24.4 Å². The molecule has 4 N–H and O–H groups in total. The van der Waals surface area contributed by atoms with Crippen molar-refractivity contribution in [2.45, 2.75) is 19.3 Å². The molecule has 2 aromatic heterocycles. The number of pyridine rings is 1. The van der Waals surface area contributed by atoms with E-state index >= 15 is 0 Å². The highest BCUT2D eigenvalue weighted by Gasteiger charge is 2.03. The number of anilines is 1. The lowest BCUT2D eigenvalue weighted by Gasteiger charge is -2.10. The molecule has 0 unspecified atom stereocenters. The number of H-pyrrole nitrogens is 1. The summed E-state index contributed by atoms with van der Waals surface area (Å²) in [7, 11) is 0. The Morgan fingerprint density at radius 3 is 2.93 bits per heavy atom. The molecular formula is C20H25ClN6O. The van der Waals surface area contributed by atoms with Crippen LogP contribution in [0.4, 0.5) is 5.69 Å². The molecule has 28 heavy (non-hydrogen) atoms. The first-order chi connectivity index (χ1) is 13.7. The van der Waals surface area contributed by atoms with Gasteiger partial charge in [-0.2, -0.15) is 0 Å². The van der Waals surface area contributed by atoms with Gasteiger partial charge in [0.05, 0.1) is 11.8 Å². The normalized spacial score (nSPS) is 10.9. The zero-order valence-corrected chi connectivity index (χ0v) is 16.4. The van der Waals surface area contributed by atoms with Gasteiger partial charge < -0.3 is 20.9 Å². The first-order valence-corrected chi connectivity index (χ1v) is 9.83. The van der Waals surface area contributed by atoms with Crippen LogP contribution in [0.25, 0.3) is 10.9 Å². The van der Waals surface area contributed by atoms with Gasteiger partial charge in [-0.1, -0.05) is 11.6 Å². The van der Waals surface area contributed by atoms with Crippen molar-refractivity contribution in [3.63, 3.8) is 0 Å². The van der Waals surface area contributed by atoms with E-state index in [1.165, 1.54) is 0 Å². The quantitative estimate of drug-likeness (QED) is 0.371. The van der Waals surface area contributed by atoms with Gasteiger partial charge in [-0.3, -0.25) is 9.78 Å². The van der Waals surface area contributed by atoms with E-state index in [0.717, 1.165) is 48.3 Å². The molecule has 3 aromatic rings. The fourth-order valence-electron chi connectivity index (χ4n) is 2.89. The summed E-state index contributed by atoms with van der Waals surface area (Å²) in [6, 6.07) is 7.71. The second-order valence-electron chi connectivity index (χ2n) is 6.48. The summed E-state index contributed by atoms with van der Waals surface area (Å²) in [5.74, 6) is 0.0581. The number of imidazole rings is 1. The number of amides is 1. The molecule has 0 aliphatic rings. The SMILES string of the molecule is O=C(CCc1cnc[nH]1)NCCNCCCNc1ccnc2cc(Cl)ccc12. The van der Waals surface area contributed by atoms with E-state index in [9.17, 15) is 4.79 Å². The largest absolute Gasteiger partial charge is 0.384 e. The van der Waals surface area contributed by atoms with Crippen molar-refractivity contribution < 1.29 is 4.79 Å². The zero-order chi connectivity index (χ0) is 19.6. The van der Waals surface area contributed by atoms with Crippen LogP contribution in [0.2, 0.25) is 5.02 Å². The molecule has 1 aromatic carbocycles. The van der Waals surface area contributed by atoms with Crippen molar-refractivity contribution in [3.8, 4) is 0 Å². The summed E-state index contributed by atoms with van der Waals surface area (Å²) in [5.41, 5.74) is 2.93. The molecular weight excluding hydrogens is 376 g/mol. The number of fused-ring (bicyclic) bond motifs is 1. The molecule has 0 fully saturated rings. The number of hydrogen-bond acceptors (Lipinski definition) is 5. The lowest BCUT2D eigenvalue weighted by Crippen LogP contribution is -2.32. The molecule has 8 heteroatoms. The second-order valence-corrected chi connectivity index (χ2v) is 6.91. The fourth-order valence-corrected chi connectivity index (χ4v) is 3.05. The van der Waals surface area contributed by atoms with E-state index in [2.05, 4.69) is 30.9 Å². The summed E-state index contributed by atoms with van der Waals surface area (Å²) in [4.78, 5) is 23.0. The summed E-state index contributed by atoms with van der Waals surface area (Å²) >= 11 is 6.02. The maximum Gasteiger partial charge on any atom is 0.220 e. The molecule has 7 nitrogen and oxygen atoms in total. The van der Waals surface area contributed by atoms with E-state index in [-0.39, 0.29) is 5.91 Å². The number of aromatic nitrogens is 3. The first-order valence-electron chi connectivity index (χ1n) is 9.45. The minimum atomic E-state index is 0.0581. The average molecular weight is 401 g/mol. The van der Waals surface area contributed by atoms with Crippen molar-refractivity contribution in [3.05, 3.63) is 53.7 Å². The third-order valence-corrected chi connectivity index (χ3v) is 4.59. The number of aromatic amines is 1. The maximum absolute atomic E-state index is 11.8. The van der Waals surface area contributed by atoms with Gasteiger partial charge in [0.25, 0.3) is 0 Å². The molecule has 0 aliphatic carbocycles. The zero-order valence-electron chi connectivity index (χ0n) is 15.7. The molecule has 0 aliphatic heterocycles. The summed E-state index contributed by atoms with van der Waals surface area (Å²) in [6.45, 7) is 3.12. The maximum atomic E-state index is 11.8. The number of benzene rings is 1. The first kappa shape index (κ1) is 20.1. The van der Waals surface area contributed by atoms with Gasteiger partial charge >= 0.3 is 0 Å². The minimum absolute atomic E-state index is 0.0581. The average Bonchev–Trinajstić information content (AvgIpc) is 3.22. The molecule has 3 rings (SSSR count). The molecule has 0 saturated carbocycles. The molecule has 0 spiro atoms. The molecule has 0 radical (unpaired) electrons. The van der Waals surface area contributed by atoms with E-state index in [1.807, 2.05) is 24.3 Å². The number of rotatable bonds is 11. The van der Waals surface area contributed by atoms with Crippen LogP contribution in [-0.4, -0.2) is 47.0 Å². The van der Waals surface area contributed by atoms with E-state index < -0.39 is 0 Å². The van der Waals surface area contributed by atoms with Gasteiger partial charge in [0, 0.05) is 60.2 Å². The standard InChI is InChI=1S/C20H25ClN6O/c21-15-2-4-17-18(6-9-25-19(17)12-15)24-8-1-7-22-10-11-26-20(28)5-3-16-13-23-14-27-16/h2,4,6,9,12-14,22H,1,3,5,7-8,10-11H2,(H,23,27)(H,24,25)(H,26,28). The Bertz CT molecular complexity index is 884. The van der Waals surface area contributed by atoms with E-state index in [1.54, 1.807) is 18.7 Å². The Kier molecular flexibility index (Phi) is 7.63. The van der Waals surface area contributed by atoms with Crippen LogP contribution in [-0.2, 0) is 11.2 Å². The Morgan fingerprint density at radius 1 is 1.14 bits per heavy atom. The smallest absolute Gasteiger partial charge is 0.220 e. The number of nitrogens with zero attached hydrogens (tertiary/aromatic N) is 2. The number of aryl methyl sites for hydroxylation is 1.